The van der Waals surface area contributed by atoms with Gasteiger partial charge in [0.25, 0.3) is 11.7 Å². The molecular formula is C28H36N2O5. The van der Waals surface area contributed by atoms with Gasteiger partial charge in [0, 0.05) is 12.1 Å². The van der Waals surface area contributed by atoms with Gasteiger partial charge < -0.3 is 24.4 Å². The van der Waals surface area contributed by atoms with Crippen LogP contribution in [0.4, 0.5) is 0 Å². The molecule has 1 aliphatic rings. The van der Waals surface area contributed by atoms with E-state index in [1.54, 1.807) is 29.2 Å². The van der Waals surface area contributed by atoms with Gasteiger partial charge in [-0.05, 0) is 89.3 Å². The zero-order chi connectivity index (χ0) is 25.5. The molecule has 1 N–H and O–H groups in total. The van der Waals surface area contributed by atoms with Crippen molar-refractivity contribution in [2.75, 3.05) is 33.8 Å². The normalized spacial score (nSPS) is 17.5. The molecule has 1 fully saturated rings. The summed E-state index contributed by atoms with van der Waals surface area (Å²) in [5.74, 6) is -0.0702. The summed E-state index contributed by atoms with van der Waals surface area (Å²) >= 11 is 0. The number of likely N-dealkylation sites (tertiary alicyclic amines) is 1. The van der Waals surface area contributed by atoms with E-state index in [1.165, 1.54) is 0 Å². The fourth-order valence-electron chi connectivity index (χ4n) is 4.10. The molecule has 1 aliphatic heterocycles. The Morgan fingerprint density at radius 3 is 2.23 bits per heavy atom. The van der Waals surface area contributed by atoms with E-state index in [9.17, 15) is 14.7 Å². The number of benzene rings is 2. The maximum atomic E-state index is 13.2. The third-order valence-electron chi connectivity index (χ3n) is 5.71. The summed E-state index contributed by atoms with van der Waals surface area (Å²) in [6.07, 6.45) is 1.62. The Bertz CT molecular complexity index is 1040. The van der Waals surface area contributed by atoms with Crippen LogP contribution < -0.4 is 9.47 Å². The second-order valence-electron chi connectivity index (χ2n) is 9.26. The van der Waals surface area contributed by atoms with Crippen molar-refractivity contribution >= 4 is 17.4 Å². The molecule has 0 radical (unpaired) electrons. The first-order chi connectivity index (χ1) is 16.7. The highest BCUT2D eigenvalue weighted by molar-refractivity contribution is 6.46. The molecule has 0 spiro atoms. The molecule has 2 aromatic carbocycles. The van der Waals surface area contributed by atoms with Crippen molar-refractivity contribution < 1.29 is 24.2 Å². The number of nitrogens with zero attached hydrogens (tertiary/aromatic N) is 2. The lowest BCUT2D eigenvalue weighted by atomic mass is 9.95. The van der Waals surface area contributed by atoms with Crippen LogP contribution in [-0.4, -0.2) is 66.5 Å². The van der Waals surface area contributed by atoms with Crippen molar-refractivity contribution in [1.29, 1.82) is 0 Å². The Hall–Kier alpha value is -3.32. The first kappa shape index (κ1) is 26.3. The molecule has 0 unspecified atom stereocenters. The van der Waals surface area contributed by atoms with Crippen LogP contribution in [0.5, 0.6) is 11.5 Å². The lowest BCUT2D eigenvalue weighted by Crippen LogP contribution is -2.32. The molecule has 188 valence electrons. The molecule has 35 heavy (non-hydrogen) atoms. The second-order valence-corrected chi connectivity index (χ2v) is 9.26. The molecule has 2 aromatic rings. The number of rotatable bonds is 11. The second kappa shape index (κ2) is 11.9. The summed E-state index contributed by atoms with van der Waals surface area (Å²) in [5.41, 5.74) is 1.30. The van der Waals surface area contributed by atoms with Gasteiger partial charge in [-0.2, -0.15) is 0 Å². The molecule has 0 aromatic heterocycles. The number of aliphatic hydroxyl groups is 1. The van der Waals surface area contributed by atoms with Crippen molar-refractivity contribution in [1.82, 2.24) is 9.80 Å². The lowest BCUT2D eigenvalue weighted by Gasteiger charge is -2.26. The van der Waals surface area contributed by atoms with Crippen LogP contribution in [0.2, 0.25) is 0 Å². The summed E-state index contributed by atoms with van der Waals surface area (Å²) in [7, 11) is 3.93. The van der Waals surface area contributed by atoms with Crippen LogP contribution in [0.25, 0.3) is 5.76 Å². The Balaban J connectivity index is 2.01. The third kappa shape index (κ3) is 6.42. The predicted octanol–water partition coefficient (Wildman–Crippen LogP) is 4.64. The van der Waals surface area contributed by atoms with Crippen molar-refractivity contribution in [2.24, 2.45) is 0 Å². The highest BCUT2D eigenvalue weighted by atomic mass is 16.5. The molecule has 7 nitrogen and oxygen atoms in total. The topological polar surface area (TPSA) is 79.3 Å². The molecule has 0 aliphatic carbocycles. The van der Waals surface area contributed by atoms with Gasteiger partial charge in [0.15, 0.2) is 0 Å². The van der Waals surface area contributed by atoms with Crippen LogP contribution in [-0.2, 0) is 9.59 Å². The van der Waals surface area contributed by atoms with Gasteiger partial charge >= 0.3 is 0 Å². The summed E-state index contributed by atoms with van der Waals surface area (Å²) in [5, 5.41) is 11.2. The minimum Gasteiger partial charge on any atom is -0.507 e. The van der Waals surface area contributed by atoms with Gasteiger partial charge in [0.05, 0.1) is 24.3 Å². The molecule has 1 atom stereocenters. The van der Waals surface area contributed by atoms with E-state index in [0.29, 0.717) is 30.9 Å². The Morgan fingerprint density at radius 1 is 1.03 bits per heavy atom. The van der Waals surface area contributed by atoms with Crippen LogP contribution in [0.3, 0.4) is 0 Å². The van der Waals surface area contributed by atoms with E-state index in [-0.39, 0.29) is 17.4 Å². The van der Waals surface area contributed by atoms with Gasteiger partial charge in [0.2, 0.25) is 0 Å². The molecule has 0 saturated carbocycles. The summed E-state index contributed by atoms with van der Waals surface area (Å²) in [6, 6.07) is 13.6. The highest BCUT2D eigenvalue weighted by Gasteiger charge is 2.45. The van der Waals surface area contributed by atoms with E-state index in [0.717, 1.165) is 24.3 Å². The Morgan fingerprint density at radius 2 is 1.66 bits per heavy atom. The number of carbonyl (C=O) groups excluding carboxylic acids is 2. The van der Waals surface area contributed by atoms with Crippen LogP contribution in [0.15, 0.2) is 54.1 Å². The number of Topliss-reactive ketones (excluding diaryl/α,β-unsaturated/α-hetero) is 1. The average Bonchev–Trinajstić information content (AvgIpc) is 3.07. The Kier molecular flexibility index (Phi) is 8.93. The fraction of sp³-hybridized carbons (Fsp3) is 0.429. The number of hydrogen-bond acceptors (Lipinski definition) is 6. The molecule has 1 heterocycles. The number of carbonyl (C=O) groups is 2. The first-order valence-corrected chi connectivity index (χ1v) is 12.2. The van der Waals surface area contributed by atoms with Gasteiger partial charge in [-0.15, -0.1) is 0 Å². The molecule has 3 rings (SSSR count). The molecule has 1 amide bonds. The maximum absolute atomic E-state index is 13.2. The van der Waals surface area contributed by atoms with Gasteiger partial charge in [-0.25, -0.2) is 0 Å². The SMILES string of the molecule is CCCOc1ccc([C@H]2C(=C(O)c3ccc(OC(C)C)cc3)C(=O)C(=O)N2CCCN(C)C)cc1. The first-order valence-electron chi connectivity index (χ1n) is 12.2. The quantitative estimate of drug-likeness (QED) is 0.287. The number of hydrogen-bond donors (Lipinski definition) is 1. The van der Waals surface area contributed by atoms with Crippen molar-refractivity contribution in [3.05, 3.63) is 65.2 Å². The zero-order valence-corrected chi connectivity index (χ0v) is 21.3. The van der Waals surface area contributed by atoms with E-state index in [2.05, 4.69) is 0 Å². The molecular weight excluding hydrogens is 444 g/mol. The predicted molar refractivity (Wildman–Crippen MR) is 137 cm³/mol. The van der Waals surface area contributed by atoms with Gasteiger partial charge in [-0.1, -0.05) is 19.1 Å². The monoisotopic (exact) mass is 480 g/mol. The third-order valence-corrected chi connectivity index (χ3v) is 5.71. The number of amides is 1. The summed E-state index contributed by atoms with van der Waals surface area (Å²) < 4.78 is 11.4. The van der Waals surface area contributed by atoms with E-state index >= 15 is 0 Å². The highest BCUT2D eigenvalue weighted by Crippen LogP contribution is 2.40. The smallest absolute Gasteiger partial charge is 0.295 e. The van der Waals surface area contributed by atoms with Crippen LogP contribution >= 0.6 is 0 Å². The standard InChI is InChI=1S/C28H36N2O5/c1-6-18-34-22-12-8-20(9-13-22)25-24(27(32)28(33)30(25)17-7-16-29(4)5)26(31)21-10-14-23(15-11-21)35-19(2)3/h8-15,19,25,31H,6-7,16-18H2,1-5H3/t25-/m0/s1. The van der Waals surface area contributed by atoms with Crippen molar-refractivity contribution in [2.45, 2.75) is 45.8 Å². The average molecular weight is 481 g/mol. The van der Waals surface area contributed by atoms with Crippen molar-refractivity contribution in [3.8, 4) is 11.5 Å². The lowest BCUT2D eigenvalue weighted by molar-refractivity contribution is -0.139. The molecule has 7 heteroatoms. The number of ketones is 1. The maximum Gasteiger partial charge on any atom is 0.295 e. The summed E-state index contributed by atoms with van der Waals surface area (Å²) in [4.78, 5) is 29.8. The minimum atomic E-state index is -0.677. The summed E-state index contributed by atoms with van der Waals surface area (Å²) in [6.45, 7) is 7.70. The fourth-order valence-corrected chi connectivity index (χ4v) is 4.10. The van der Waals surface area contributed by atoms with E-state index in [4.69, 9.17) is 9.47 Å². The van der Waals surface area contributed by atoms with E-state index in [1.807, 2.05) is 64.0 Å². The van der Waals surface area contributed by atoms with Crippen LogP contribution in [0, 0.1) is 0 Å². The largest absolute Gasteiger partial charge is 0.507 e. The van der Waals surface area contributed by atoms with Gasteiger partial charge in [-0.3, -0.25) is 9.59 Å². The Labute approximate surface area is 207 Å². The molecule has 1 saturated heterocycles. The van der Waals surface area contributed by atoms with E-state index < -0.39 is 17.7 Å². The number of aliphatic hydroxyl groups excluding tert-OH is 1. The number of ether oxygens (including phenoxy) is 2. The molecule has 0 bridgehead atoms. The minimum absolute atomic E-state index is 0.0196. The van der Waals surface area contributed by atoms with Crippen LogP contribution in [0.1, 0.15) is 50.8 Å². The zero-order valence-electron chi connectivity index (χ0n) is 21.3. The van der Waals surface area contributed by atoms with Crippen molar-refractivity contribution in [3.63, 3.8) is 0 Å². The van der Waals surface area contributed by atoms with Gasteiger partial charge in [0.1, 0.15) is 17.3 Å².